The third-order valence-electron chi connectivity index (χ3n) is 3.75. The van der Waals surface area contributed by atoms with E-state index in [1.807, 2.05) is 47.6 Å². The lowest BCUT2D eigenvalue weighted by atomic mass is 10.1. The number of carbonyl (C=O) groups is 1. The zero-order valence-electron chi connectivity index (χ0n) is 11.9. The lowest BCUT2D eigenvalue weighted by Gasteiger charge is -2.34. The Hall–Kier alpha value is -2.20. The molecule has 21 heavy (non-hydrogen) atoms. The van der Waals surface area contributed by atoms with Crippen molar-refractivity contribution in [3.63, 3.8) is 0 Å². The summed E-state index contributed by atoms with van der Waals surface area (Å²) in [7, 11) is 0. The van der Waals surface area contributed by atoms with Gasteiger partial charge in [0.1, 0.15) is 0 Å². The molecule has 1 aromatic heterocycles. The Morgan fingerprint density at radius 3 is 2.52 bits per heavy atom. The minimum Gasteiger partial charge on any atom is -0.336 e. The topological polar surface area (TPSA) is 36.4 Å². The summed E-state index contributed by atoms with van der Waals surface area (Å²) in [5.41, 5.74) is 1.92. The van der Waals surface area contributed by atoms with Crippen LogP contribution in [0.15, 0.2) is 48.8 Å². The van der Waals surface area contributed by atoms with E-state index in [4.69, 9.17) is 0 Å². The van der Waals surface area contributed by atoms with Crippen LogP contribution in [-0.2, 0) is 6.54 Å². The van der Waals surface area contributed by atoms with Crippen molar-refractivity contribution in [2.24, 2.45) is 0 Å². The van der Waals surface area contributed by atoms with E-state index < -0.39 is 0 Å². The van der Waals surface area contributed by atoms with Crippen LogP contribution in [0.1, 0.15) is 15.9 Å². The Morgan fingerprint density at radius 2 is 1.86 bits per heavy atom. The van der Waals surface area contributed by atoms with Crippen LogP contribution in [0.3, 0.4) is 0 Å². The number of hydrogen-bond acceptors (Lipinski definition) is 3. The molecule has 0 saturated carbocycles. The minimum absolute atomic E-state index is 0.0826. The van der Waals surface area contributed by atoms with Gasteiger partial charge in [0.25, 0.3) is 5.91 Å². The van der Waals surface area contributed by atoms with Gasteiger partial charge in [-0.1, -0.05) is 18.2 Å². The van der Waals surface area contributed by atoms with E-state index in [0.717, 1.165) is 32.7 Å². The summed E-state index contributed by atoms with van der Waals surface area (Å²) in [6.07, 6.45) is 3.64. The lowest BCUT2D eigenvalue weighted by molar-refractivity contribution is 0.0628. The molecule has 0 N–H and O–H groups in total. The van der Waals surface area contributed by atoms with E-state index >= 15 is 0 Å². The second-order valence-corrected chi connectivity index (χ2v) is 5.20. The number of piperazine rings is 1. The maximum atomic E-state index is 12.3. The number of pyridine rings is 1. The van der Waals surface area contributed by atoms with Crippen LogP contribution in [0, 0.1) is 6.07 Å². The Bertz CT molecular complexity index is 577. The van der Waals surface area contributed by atoms with Crippen molar-refractivity contribution in [1.82, 2.24) is 14.8 Å². The molecule has 107 valence electrons. The quantitative estimate of drug-likeness (QED) is 0.861. The molecule has 1 fully saturated rings. The minimum atomic E-state index is 0.0826. The van der Waals surface area contributed by atoms with Gasteiger partial charge in [-0.3, -0.25) is 14.7 Å². The van der Waals surface area contributed by atoms with Crippen LogP contribution in [0.2, 0.25) is 0 Å². The molecule has 2 aromatic rings. The molecule has 2 heterocycles. The van der Waals surface area contributed by atoms with Crippen molar-refractivity contribution in [2.75, 3.05) is 26.2 Å². The Morgan fingerprint density at radius 1 is 1.10 bits per heavy atom. The Balaban J connectivity index is 1.54. The highest BCUT2D eigenvalue weighted by Gasteiger charge is 2.21. The van der Waals surface area contributed by atoms with E-state index in [2.05, 4.69) is 16.0 Å². The summed E-state index contributed by atoms with van der Waals surface area (Å²) in [4.78, 5) is 20.6. The first-order valence-corrected chi connectivity index (χ1v) is 7.20. The van der Waals surface area contributed by atoms with Gasteiger partial charge in [0.15, 0.2) is 0 Å². The van der Waals surface area contributed by atoms with Crippen LogP contribution in [0.5, 0.6) is 0 Å². The fraction of sp³-hybridized carbons (Fsp3) is 0.294. The molecule has 0 unspecified atom stereocenters. The monoisotopic (exact) mass is 280 g/mol. The summed E-state index contributed by atoms with van der Waals surface area (Å²) in [5.74, 6) is 0.0826. The fourth-order valence-electron chi connectivity index (χ4n) is 2.55. The van der Waals surface area contributed by atoms with Crippen molar-refractivity contribution in [3.05, 3.63) is 66.0 Å². The summed E-state index contributed by atoms with van der Waals surface area (Å²) in [6.45, 7) is 4.27. The highest BCUT2D eigenvalue weighted by atomic mass is 16.2. The molecular formula is C17H18N3O. The van der Waals surface area contributed by atoms with Crippen molar-refractivity contribution in [1.29, 1.82) is 0 Å². The molecule has 0 aliphatic carbocycles. The van der Waals surface area contributed by atoms with Crippen LogP contribution in [0.4, 0.5) is 0 Å². The van der Waals surface area contributed by atoms with Gasteiger partial charge >= 0.3 is 0 Å². The van der Waals surface area contributed by atoms with Crippen LogP contribution >= 0.6 is 0 Å². The molecule has 4 heteroatoms. The second kappa shape index (κ2) is 6.50. The van der Waals surface area contributed by atoms with Crippen molar-refractivity contribution in [2.45, 2.75) is 6.54 Å². The Kier molecular flexibility index (Phi) is 4.26. The van der Waals surface area contributed by atoms with Gasteiger partial charge in [-0.05, 0) is 29.8 Å². The second-order valence-electron chi connectivity index (χ2n) is 5.20. The molecule has 1 amide bonds. The summed E-state index contributed by atoms with van der Waals surface area (Å²) in [5, 5.41) is 0. The summed E-state index contributed by atoms with van der Waals surface area (Å²) < 4.78 is 0. The molecule has 1 radical (unpaired) electrons. The van der Waals surface area contributed by atoms with Gasteiger partial charge < -0.3 is 4.90 Å². The maximum Gasteiger partial charge on any atom is 0.254 e. The predicted molar refractivity (Wildman–Crippen MR) is 80.7 cm³/mol. The molecular weight excluding hydrogens is 262 g/mol. The van der Waals surface area contributed by atoms with Gasteiger partial charge in [0, 0.05) is 50.7 Å². The number of aromatic nitrogens is 1. The fourth-order valence-corrected chi connectivity index (χ4v) is 2.55. The highest BCUT2D eigenvalue weighted by molar-refractivity contribution is 5.93. The smallest absolute Gasteiger partial charge is 0.254 e. The third-order valence-corrected chi connectivity index (χ3v) is 3.75. The Labute approximate surface area is 125 Å². The maximum absolute atomic E-state index is 12.3. The summed E-state index contributed by atoms with van der Waals surface area (Å²) >= 11 is 0. The van der Waals surface area contributed by atoms with Crippen LogP contribution in [0.25, 0.3) is 0 Å². The van der Waals surface area contributed by atoms with E-state index in [9.17, 15) is 4.79 Å². The standard InChI is InChI=1S/C17H18N3O/c21-17(16-4-2-1-3-5-16)20-12-10-19(11-13-20)14-15-6-8-18-9-7-15/h1-4,6-9H,10-14H2. The molecule has 4 nitrogen and oxygen atoms in total. The molecule has 0 spiro atoms. The van der Waals surface area contributed by atoms with Gasteiger partial charge in [-0.2, -0.15) is 0 Å². The van der Waals surface area contributed by atoms with E-state index in [-0.39, 0.29) is 5.91 Å². The van der Waals surface area contributed by atoms with Gasteiger partial charge in [-0.15, -0.1) is 0 Å². The average molecular weight is 280 g/mol. The van der Waals surface area contributed by atoms with Crippen molar-refractivity contribution < 1.29 is 4.79 Å². The van der Waals surface area contributed by atoms with Crippen molar-refractivity contribution in [3.8, 4) is 0 Å². The molecule has 3 rings (SSSR count). The first-order chi connectivity index (χ1) is 10.3. The number of rotatable bonds is 3. The summed E-state index contributed by atoms with van der Waals surface area (Å²) in [6, 6.07) is 14.4. The zero-order valence-corrected chi connectivity index (χ0v) is 11.9. The number of amides is 1. The van der Waals surface area contributed by atoms with Gasteiger partial charge in [0.2, 0.25) is 0 Å². The molecule has 1 aliphatic heterocycles. The first kappa shape index (κ1) is 13.8. The van der Waals surface area contributed by atoms with Crippen LogP contribution in [-0.4, -0.2) is 46.9 Å². The molecule has 1 aromatic carbocycles. The SMILES string of the molecule is O=C(c1[c]cccc1)N1CCN(Cc2ccncc2)CC1. The molecule has 0 atom stereocenters. The predicted octanol–water partition coefficient (Wildman–Crippen LogP) is 1.84. The number of carbonyl (C=O) groups excluding carboxylic acids is 1. The molecule has 1 aliphatic rings. The van der Waals surface area contributed by atoms with Gasteiger partial charge in [-0.25, -0.2) is 0 Å². The number of hydrogen-bond donors (Lipinski definition) is 0. The number of benzene rings is 1. The van der Waals surface area contributed by atoms with E-state index in [1.165, 1.54) is 5.56 Å². The zero-order chi connectivity index (χ0) is 14.5. The number of nitrogens with zero attached hydrogens (tertiary/aromatic N) is 3. The normalized spacial score (nSPS) is 15.9. The first-order valence-electron chi connectivity index (χ1n) is 7.20. The van der Waals surface area contributed by atoms with E-state index in [1.54, 1.807) is 6.07 Å². The van der Waals surface area contributed by atoms with Gasteiger partial charge in [0.05, 0.1) is 0 Å². The highest BCUT2D eigenvalue weighted by Crippen LogP contribution is 2.10. The van der Waals surface area contributed by atoms with Crippen LogP contribution < -0.4 is 0 Å². The lowest BCUT2D eigenvalue weighted by Crippen LogP contribution is -2.48. The van der Waals surface area contributed by atoms with Crippen molar-refractivity contribution >= 4 is 5.91 Å². The third kappa shape index (κ3) is 3.47. The van der Waals surface area contributed by atoms with E-state index in [0.29, 0.717) is 5.56 Å². The molecule has 0 bridgehead atoms. The average Bonchev–Trinajstić information content (AvgIpc) is 2.57. The largest absolute Gasteiger partial charge is 0.336 e. The molecule has 1 saturated heterocycles.